The summed E-state index contributed by atoms with van der Waals surface area (Å²) in [5.74, 6) is 0.384. The number of carbonyl (C=O) groups is 1. The van der Waals surface area contributed by atoms with Crippen molar-refractivity contribution >= 4 is 28.2 Å². The number of oxazole rings is 1. The number of halogens is 1. The summed E-state index contributed by atoms with van der Waals surface area (Å²) >= 11 is 3.36. The molecule has 0 saturated heterocycles. The number of anilines is 1. The summed E-state index contributed by atoms with van der Waals surface area (Å²) in [6, 6.07) is 7.36. The normalized spacial score (nSPS) is 10.2. The lowest BCUT2D eigenvalue weighted by molar-refractivity contribution is 0.112. The van der Waals surface area contributed by atoms with Gasteiger partial charge in [0.25, 0.3) is 6.01 Å². The van der Waals surface area contributed by atoms with Gasteiger partial charge in [0.1, 0.15) is 0 Å². The molecule has 5 heteroatoms. The molecule has 0 unspecified atom stereocenters. The first-order valence-corrected chi connectivity index (χ1v) is 4.98. The monoisotopic (exact) mass is 266 g/mol. The molecule has 15 heavy (non-hydrogen) atoms. The van der Waals surface area contributed by atoms with E-state index in [0.717, 1.165) is 10.0 Å². The van der Waals surface area contributed by atoms with Gasteiger partial charge in [-0.3, -0.25) is 4.79 Å². The molecule has 4 nitrogen and oxygen atoms in total. The number of benzene rings is 1. The highest BCUT2D eigenvalue weighted by molar-refractivity contribution is 9.10. The van der Waals surface area contributed by atoms with Crippen LogP contribution in [-0.4, -0.2) is 11.3 Å². The van der Waals surface area contributed by atoms with Crippen LogP contribution in [0, 0.1) is 0 Å². The summed E-state index contributed by atoms with van der Waals surface area (Å²) in [4.78, 5) is 14.5. The van der Waals surface area contributed by atoms with Crippen molar-refractivity contribution in [2.75, 3.05) is 5.73 Å². The average Bonchev–Trinajstić information content (AvgIpc) is 2.60. The summed E-state index contributed by atoms with van der Waals surface area (Å²) in [7, 11) is 0. The molecule has 0 amide bonds. The van der Waals surface area contributed by atoms with Crippen molar-refractivity contribution in [3.63, 3.8) is 0 Å². The lowest BCUT2D eigenvalue weighted by atomic mass is 10.1. The van der Waals surface area contributed by atoms with Crippen molar-refractivity contribution in [3.8, 4) is 11.3 Å². The SMILES string of the molecule is Nc1nc(C=O)c(-c2ccccc2Br)o1. The van der Waals surface area contributed by atoms with Crippen LogP contribution < -0.4 is 5.73 Å². The first-order valence-electron chi connectivity index (χ1n) is 4.18. The van der Waals surface area contributed by atoms with Crippen molar-refractivity contribution in [1.82, 2.24) is 4.98 Å². The molecular weight excluding hydrogens is 260 g/mol. The molecule has 1 aromatic heterocycles. The van der Waals surface area contributed by atoms with Gasteiger partial charge in [0.15, 0.2) is 17.7 Å². The Morgan fingerprint density at radius 1 is 1.40 bits per heavy atom. The minimum atomic E-state index is -0.0112. The lowest BCUT2D eigenvalue weighted by Crippen LogP contribution is -1.86. The number of nitrogens with zero attached hydrogens (tertiary/aromatic N) is 1. The van der Waals surface area contributed by atoms with Gasteiger partial charge in [-0.1, -0.05) is 34.1 Å². The molecule has 0 aliphatic carbocycles. The van der Waals surface area contributed by atoms with Crippen LogP contribution in [0.15, 0.2) is 33.2 Å². The number of aromatic nitrogens is 1. The van der Waals surface area contributed by atoms with Crippen LogP contribution >= 0.6 is 15.9 Å². The fourth-order valence-electron chi connectivity index (χ4n) is 1.27. The summed E-state index contributed by atoms with van der Waals surface area (Å²) in [6.07, 6.45) is 0.620. The Kier molecular flexibility index (Phi) is 2.55. The second-order valence-electron chi connectivity index (χ2n) is 2.86. The van der Waals surface area contributed by atoms with E-state index in [0.29, 0.717) is 12.0 Å². The number of hydrogen-bond donors (Lipinski definition) is 1. The van der Waals surface area contributed by atoms with Gasteiger partial charge in [-0.15, -0.1) is 0 Å². The van der Waals surface area contributed by atoms with E-state index in [4.69, 9.17) is 10.2 Å². The number of carbonyl (C=O) groups excluding carboxylic acids is 1. The van der Waals surface area contributed by atoms with Gasteiger partial charge in [0, 0.05) is 10.0 Å². The van der Waals surface area contributed by atoms with Gasteiger partial charge in [-0.2, -0.15) is 4.98 Å². The number of rotatable bonds is 2. The van der Waals surface area contributed by atoms with Crippen LogP contribution in [0.25, 0.3) is 11.3 Å². The van der Waals surface area contributed by atoms with E-state index >= 15 is 0 Å². The van der Waals surface area contributed by atoms with Crippen molar-refractivity contribution < 1.29 is 9.21 Å². The van der Waals surface area contributed by atoms with E-state index in [9.17, 15) is 4.79 Å². The highest BCUT2D eigenvalue weighted by Gasteiger charge is 2.14. The Bertz CT molecular complexity index is 508. The molecule has 0 aliphatic heterocycles. The zero-order valence-corrected chi connectivity index (χ0v) is 9.19. The Labute approximate surface area is 94.2 Å². The third kappa shape index (κ3) is 1.78. The summed E-state index contributed by atoms with van der Waals surface area (Å²) in [5, 5.41) is 0. The maximum absolute atomic E-state index is 10.7. The van der Waals surface area contributed by atoms with E-state index < -0.39 is 0 Å². The largest absolute Gasteiger partial charge is 0.423 e. The van der Waals surface area contributed by atoms with E-state index in [-0.39, 0.29) is 11.7 Å². The Morgan fingerprint density at radius 3 is 2.80 bits per heavy atom. The van der Waals surface area contributed by atoms with Gasteiger partial charge >= 0.3 is 0 Å². The Hall–Kier alpha value is -1.62. The number of aldehydes is 1. The van der Waals surface area contributed by atoms with Crippen LogP contribution in [-0.2, 0) is 0 Å². The van der Waals surface area contributed by atoms with Crippen LogP contribution in [0.1, 0.15) is 10.5 Å². The minimum absolute atomic E-state index is 0.0112. The number of nitrogens with two attached hydrogens (primary N) is 1. The standard InChI is InChI=1S/C10H7BrN2O2/c11-7-4-2-1-3-6(7)9-8(5-14)13-10(12)15-9/h1-5H,(H2,12,13). The van der Waals surface area contributed by atoms with Crippen molar-refractivity contribution in [2.45, 2.75) is 0 Å². The van der Waals surface area contributed by atoms with Crippen molar-refractivity contribution in [3.05, 3.63) is 34.4 Å². The molecule has 0 saturated carbocycles. The van der Waals surface area contributed by atoms with E-state index in [1.807, 2.05) is 24.3 Å². The Morgan fingerprint density at radius 2 is 2.13 bits per heavy atom. The lowest BCUT2D eigenvalue weighted by Gasteiger charge is -1.99. The molecular formula is C10H7BrN2O2. The molecule has 0 bridgehead atoms. The number of nitrogen functional groups attached to an aromatic ring is 1. The fraction of sp³-hybridized carbons (Fsp3) is 0. The molecule has 0 aliphatic rings. The van der Waals surface area contributed by atoms with Crippen molar-refractivity contribution in [1.29, 1.82) is 0 Å². The van der Waals surface area contributed by atoms with E-state index in [1.54, 1.807) is 0 Å². The molecule has 1 aromatic carbocycles. The Balaban J connectivity index is 2.63. The van der Waals surface area contributed by atoms with Crippen LogP contribution in [0.2, 0.25) is 0 Å². The molecule has 1 heterocycles. The quantitative estimate of drug-likeness (QED) is 0.848. The molecule has 0 fully saturated rings. The molecule has 76 valence electrons. The predicted molar refractivity (Wildman–Crippen MR) is 59.4 cm³/mol. The van der Waals surface area contributed by atoms with Crippen molar-refractivity contribution in [2.24, 2.45) is 0 Å². The summed E-state index contributed by atoms with van der Waals surface area (Å²) < 4.78 is 6.00. The van der Waals surface area contributed by atoms with Gasteiger partial charge < -0.3 is 10.2 Å². The minimum Gasteiger partial charge on any atom is -0.423 e. The predicted octanol–water partition coefficient (Wildman–Crippen LogP) is 2.50. The smallest absolute Gasteiger partial charge is 0.293 e. The molecule has 0 radical (unpaired) electrons. The van der Waals surface area contributed by atoms with Crippen LogP contribution in [0.4, 0.5) is 6.01 Å². The van der Waals surface area contributed by atoms with Gasteiger partial charge in [-0.25, -0.2) is 0 Å². The zero-order valence-electron chi connectivity index (χ0n) is 7.61. The first kappa shape index (κ1) is 9.92. The number of hydrogen-bond acceptors (Lipinski definition) is 4. The summed E-state index contributed by atoms with van der Waals surface area (Å²) in [6.45, 7) is 0. The molecule has 2 aromatic rings. The molecule has 2 N–H and O–H groups in total. The molecule has 2 rings (SSSR count). The maximum Gasteiger partial charge on any atom is 0.293 e. The molecule has 0 atom stereocenters. The van der Waals surface area contributed by atoms with E-state index in [1.165, 1.54) is 0 Å². The fourth-order valence-corrected chi connectivity index (χ4v) is 1.73. The van der Waals surface area contributed by atoms with Crippen LogP contribution in [0.5, 0.6) is 0 Å². The third-order valence-electron chi connectivity index (χ3n) is 1.90. The second-order valence-corrected chi connectivity index (χ2v) is 3.72. The highest BCUT2D eigenvalue weighted by Crippen LogP contribution is 2.31. The molecule has 0 spiro atoms. The maximum atomic E-state index is 10.7. The average molecular weight is 267 g/mol. The topological polar surface area (TPSA) is 69.1 Å². The van der Waals surface area contributed by atoms with Crippen LogP contribution in [0.3, 0.4) is 0 Å². The highest BCUT2D eigenvalue weighted by atomic mass is 79.9. The van der Waals surface area contributed by atoms with Gasteiger partial charge in [0.2, 0.25) is 0 Å². The van der Waals surface area contributed by atoms with Gasteiger partial charge in [-0.05, 0) is 6.07 Å². The van der Waals surface area contributed by atoms with Gasteiger partial charge in [0.05, 0.1) is 0 Å². The third-order valence-corrected chi connectivity index (χ3v) is 2.59. The summed E-state index contributed by atoms with van der Waals surface area (Å²) in [5.41, 5.74) is 6.35. The van der Waals surface area contributed by atoms with E-state index in [2.05, 4.69) is 20.9 Å². The second kappa shape index (κ2) is 3.86. The zero-order chi connectivity index (χ0) is 10.8. The first-order chi connectivity index (χ1) is 7.22.